The molecular formula is C26H29N3O4. The van der Waals surface area contributed by atoms with Crippen LogP contribution < -0.4 is 24.6 Å². The van der Waals surface area contributed by atoms with Gasteiger partial charge in [0.1, 0.15) is 17.3 Å². The Balaban J connectivity index is 1.45. The zero-order chi connectivity index (χ0) is 22.8. The molecule has 172 valence electrons. The van der Waals surface area contributed by atoms with E-state index in [0.29, 0.717) is 13.0 Å². The average molecular weight is 448 g/mol. The summed E-state index contributed by atoms with van der Waals surface area (Å²) in [7, 11) is 3.38. The smallest absolute Gasteiger partial charge is 0.225 e. The molecule has 2 aromatic carbocycles. The van der Waals surface area contributed by atoms with Gasteiger partial charge in [0.05, 0.1) is 44.7 Å². The average Bonchev–Trinajstić information content (AvgIpc) is 3.40. The first-order chi connectivity index (χ1) is 16.2. The summed E-state index contributed by atoms with van der Waals surface area (Å²) in [5, 5.41) is 3.09. The first-order valence-electron chi connectivity index (χ1n) is 11.3. The third-order valence-electron chi connectivity index (χ3n) is 6.70. The van der Waals surface area contributed by atoms with Crippen LogP contribution in [0.5, 0.6) is 11.5 Å². The van der Waals surface area contributed by atoms with Crippen molar-refractivity contribution in [3.63, 3.8) is 0 Å². The molecule has 0 bridgehead atoms. The number of methoxy groups -OCH3 is 2. The molecule has 7 heteroatoms. The number of nitrogens with one attached hydrogen (secondary N) is 1. The molecule has 0 spiro atoms. The number of hydrogen-bond acceptors (Lipinski definition) is 6. The van der Waals surface area contributed by atoms with Crippen molar-refractivity contribution < 1.29 is 18.7 Å². The van der Waals surface area contributed by atoms with Gasteiger partial charge in [-0.15, -0.1) is 0 Å². The van der Waals surface area contributed by atoms with E-state index in [2.05, 4.69) is 33.3 Å². The Hall–Kier alpha value is -3.61. The lowest BCUT2D eigenvalue weighted by Crippen LogP contribution is -2.61. The monoisotopic (exact) mass is 447 g/mol. The molecule has 0 saturated carbocycles. The Kier molecular flexibility index (Phi) is 5.86. The minimum Gasteiger partial charge on any atom is -0.497 e. The van der Waals surface area contributed by atoms with Crippen molar-refractivity contribution in [3.05, 3.63) is 72.2 Å². The van der Waals surface area contributed by atoms with Gasteiger partial charge in [-0.3, -0.25) is 4.79 Å². The van der Waals surface area contributed by atoms with Gasteiger partial charge in [0, 0.05) is 31.4 Å². The molecule has 1 saturated heterocycles. The predicted octanol–water partition coefficient (Wildman–Crippen LogP) is 3.48. The fraction of sp³-hybridized carbons (Fsp3) is 0.346. The zero-order valence-electron chi connectivity index (χ0n) is 19.0. The Morgan fingerprint density at radius 1 is 1.06 bits per heavy atom. The van der Waals surface area contributed by atoms with Gasteiger partial charge in [0.25, 0.3) is 0 Å². The zero-order valence-corrected chi connectivity index (χ0v) is 19.0. The maximum Gasteiger partial charge on any atom is 0.225 e. The first-order valence-corrected chi connectivity index (χ1v) is 11.3. The van der Waals surface area contributed by atoms with Crippen LogP contribution in [0.15, 0.2) is 65.3 Å². The maximum absolute atomic E-state index is 13.4. The van der Waals surface area contributed by atoms with E-state index in [0.717, 1.165) is 48.3 Å². The summed E-state index contributed by atoms with van der Waals surface area (Å²) in [4.78, 5) is 18.1. The molecule has 0 radical (unpaired) electrons. The highest BCUT2D eigenvalue weighted by Gasteiger charge is 2.42. The van der Waals surface area contributed by atoms with Gasteiger partial charge in [-0.25, -0.2) is 0 Å². The number of benzene rings is 2. The van der Waals surface area contributed by atoms with Gasteiger partial charge in [-0.05, 0) is 42.3 Å². The molecule has 0 aliphatic carbocycles. The predicted molar refractivity (Wildman–Crippen MR) is 127 cm³/mol. The number of para-hydroxylation sites is 2. The molecule has 3 aromatic rings. The van der Waals surface area contributed by atoms with Crippen molar-refractivity contribution in [1.29, 1.82) is 0 Å². The number of fused-ring (bicyclic) bond motifs is 3. The highest BCUT2D eigenvalue weighted by atomic mass is 16.5. The lowest BCUT2D eigenvalue weighted by Gasteiger charge is -2.49. The second-order valence-electron chi connectivity index (χ2n) is 8.48. The number of furan rings is 1. The summed E-state index contributed by atoms with van der Waals surface area (Å²) in [5.41, 5.74) is 3.40. The van der Waals surface area contributed by atoms with Gasteiger partial charge in [0.2, 0.25) is 5.91 Å². The first kappa shape index (κ1) is 21.2. The highest BCUT2D eigenvalue weighted by molar-refractivity contribution is 5.82. The van der Waals surface area contributed by atoms with Crippen molar-refractivity contribution in [2.45, 2.75) is 19.0 Å². The van der Waals surface area contributed by atoms with Crippen molar-refractivity contribution in [1.82, 2.24) is 5.32 Å². The molecule has 1 N–H and O–H groups in total. The van der Waals surface area contributed by atoms with E-state index < -0.39 is 0 Å². The van der Waals surface area contributed by atoms with Crippen molar-refractivity contribution in [2.24, 2.45) is 5.92 Å². The normalized spacial score (nSPS) is 19.5. The van der Waals surface area contributed by atoms with E-state index in [1.54, 1.807) is 20.5 Å². The van der Waals surface area contributed by atoms with Crippen LogP contribution in [0, 0.1) is 5.92 Å². The highest BCUT2D eigenvalue weighted by Crippen LogP contribution is 2.40. The summed E-state index contributed by atoms with van der Waals surface area (Å²) >= 11 is 0. The van der Waals surface area contributed by atoms with Crippen LogP contribution in [0.2, 0.25) is 0 Å². The number of hydrogen-bond donors (Lipinski definition) is 1. The van der Waals surface area contributed by atoms with Crippen LogP contribution in [0.4, 0.5) is 11.4 Å². The van der Waals surface area contributed by atoms with Crippen molar-refractivity contribution in [3.8, 4) is 11.5 Å². The maximum atomic E-state index is 13.4. The summed E-state index contributed by atoms with van der Waals surface area (Å²) in [6.07, 6.45) is 2.31. The molecule has 2 aliphatic rings. The number of anilines is 2. The van der Waals surface area contributed by atoms with Crippen molar-refractivity contribution in [2.75, 3.05) is 43.7 Å². The largest absolute Gasteiger partial charge is 0.497 e. The topological polar surface area (TPSA) is 67.2 Å². The minimum atomic E-state index is -0.182. The molecule has 5 rings (SSSR count). The number of piperazine rings is 1. The minimum absolute atomic E-state index is 0.0277. The van der Waals surface area contributed by atoms with Crippen LogP contribution in [0.25, 0.3) is 0 Å². The summed E-state index contributed by atoms with van der Waals surface area (Å²) < 4.78 is 16.5. The number of amides is 1. The molecule has 7 nitrogen and oxygen atoms in total. The van der Waals surface area contributed by atoms with Gasteiger partial charge < -0.3 is 29.0 Å². The van der Waals surface area contributed by atoms with Gasteiger partial charge in [-0.1, -0.05) is 18.2 Å². The second kappa shape index (κ2) is 9.10. The summed E-state index contributed by atoms with van der Waals surface area (Å²) in [6.45, 7) is 2.77. The second-order valence-corrected chi connectivity index (χ2v) is 8.48. The lowest BCUT2D eigenvalue weighted by atomic mass is 9.83. The fourth-order valence-electron chi connectivity index (χ4n) is 5.03. The SMILES string of the molecule is COc1ccc2c(c1)N1CCN(c3ccccc3OC)C[C@@H]1[C@@H](C(=O)NCc1ccco1)C2. The third kappa shape index (κ3) is 4.11. The van der Waals surface area contributed by atoms with E-state index in [1.165, 1.54) is 5.56 Å². The molecule has 2 atom stereocenters. The Labute approximate surface area is 193 Å². The lowest BCUT2D eigenvalue weighted by molar-refractivity contribution is -0.126. The van der Waals surface area contributed by atoms with E-state index in [4.69, 9.17) is 13.9 Å². The van der Waals surface area contributed by atoms with E-state index in [9.17, 15) is 4.79 Å². The molecule has 3 heterocycles. The van der Waals surface area contributed by atoms with Crippen LogP contribution in [-0.4, -0.2) is 45.8 Å². The van der Waals surface area contributed by atoms with E-state index in [1.807, 2.05) is 36.4 Å². The van der Waals surface area contributed by atoms with E-state index >= 15 is 0 Å². The van der Waals surface area contributed by atoms with Gasteiger partial charge in [0.15, 0.2) is 0 Å². The number of ether oxygens (including phenoxy) is 2. The van der Waals surface area contributed by atoms with Gasteiger partial charge in [-0.2, -0.15) is 0 Å². The quantitative estimate of drug-likeness (QED) is 0.624. The Morgan fingerprint density at radius 3 is 2.73 bits per heavy atom. The molecule has 0 unspecified atom stereocenters. The summed E-state index contributed by atoms with van der Waals surface area (Å²) in [5.74, 6) is 2.30. The number of rotatable bonds is 6. The third-order valence-corrected chi connectivity index (χ3v) is 6.70. The number of nitrogens with zero attached hydrogens (tertiary/aromatic N) is 2. The number of carbonyl (C=O) groups is 1. The standard InChI is InChI=1S/C26H29N3O4/c1-31-19-10-9-18-14-21(26(30)27-16-20-6-5-13-33-20)24-17-28(11-12-29(24)23(18)15-19)22-7-3-4-8-25(22)32-2/h3-10,13,15,21,24H,11-12,14,16-17H2,1-2H3,(H,27,30)/t21-,24+/m0/s1. The van der Waals surface area contributed by atoms with Crippen molar-refractivity contribution >= 4 is 17.3 Å². The molecule has 1 fully saturated rings. The molecule has 2 aliphatic heterocycles. The Bertz CT molecular complexity index is 1110. The van der Waals surface area contributed by atoms with Crippen LogP contribution in [-0.2, 0) is 17.8 Å². The van der Waals surface area contributed by atoms with E-state index in [-0.39, 0.29) is 17.9 Å². The molecular weight excluding hydrogens is 418 g/mol. The fourth-order valence-corrected chi connectivity index (χ4v) is 5.03. The molecule has 33 heavy (non-hydrogen) atoms. The Morgan fingerprint density at radius 2 is 1.94 bits per heavy atom. The summed E-state index contributed by atoms with van der Waals surface area (Å²) in [6, 6.07) is 18.0. The molecule has 1 amide bonds. The van der Waals surface area contributed by atoms with Crippen LogP contribution in [0.3, 0.4) is 0 Å². The van der Waals surface area contributed by atoms with Gasteiger partial charge >= 0.3 is 0 Å². The van der Waals surface area contributed by atoms with Crippen LogP contribution in [0.1, 0.15) is 11.3 Å². The number of carbonyl (C=O) groups excluding carboxylic acids is 1. The molecule has 1 aromatic heterocycles. The van der Waals surface area contributed by atoms with Crippen LogP contribution >= 0.6 is 0 Å².